The summed E-state index contributed by atoms with van der Waals surface area (Å²) in [5.74, 6) is 0. The summed E-state index contributed by atoms with van der Waals surface area (Å²) in [4.78, 5) is 16.0. The third-order valence-electron chi connectivity index (χ3n) is 3.87. The maximum atomic E-state index is 11.9. The average Bonchev–Trinajstić information content (AvgIpc) is 2.48. The molecule has 1 aromatic rings. The molecule has 5 nitrogen and oxygen atoms in total. The van der Waals surface area contributed by atoms with Crippen molar-refractivity contribution in [2.75, 3.05) is 0 Å². The maximum Gasteiger partial charge on any atom is 0.315 e. The highest BCUT2D eigenvalue weighted by Crippen LogP contribution is 2.18. The van der Waals surface area contributed by atoms with Crippen LogP contribution < -0.4 is 10.6 Å². The number of carbonyl (C=O) groups excluding carboxylic acids is 1. The zero-order chi connectivity index (χ0) is 14.4. The number of aliphatic hydroxyl groups is 1. The summed E-state index contributed by atoms with van der Waals surface area (Å²) < 4.78 is 0. The SMILES string of the molecule is CCc1cnccc1CNC(=O)N[C@H]1CCCC[C@H]1O. The smallest absolute Gasteiger partial charge is 0.315 e. The van der Waals surface area contributed by atoms with Crippen LogP contribution in [0, 0.1) is 0 Å². The number of pyridine rings is 1. The van der Waals surface area contributed by atoms with Gasteiger partial charge in [-0.15, -0.1) is 0 Å². The Labute approximate surface area is 119 Å². The summed E-state index contributed by atoms with van der Waals surface area (Å²) in [7, 11) is 0. The molecule has 0 unspecified atom stereocenters. The topological polar surface area (TPSA) is 74.2 Å². The van der Waals surface area contributed by atoms with Gasteiger partial charge in [0.05, 0.1) is 12.1 Å². The van der Waals surface area contributed by atoms with Gasteiger partial charge in [0.15, 0.2) is 0 Å². The van der Waals surface area contributed by atoms with Gasteiger partial charge in [0.25, 0.3) is 0 Å². The number of rotatable bonds is 4. The van der Waals surface area contributed by atoms with Crippen LogP contribution >= 0.6 is 0 Å². The molecule has 1 aromatic heterocycles. The predicted molar refractivity (Wildman–Crippen MR) is 77.2 cm³/mol. The molecule has 1 aliphatic rings. The summed E-state index contributed by atoms with van der Waals surface area (Å²) in [5, 5.41) is 15.5. The summed E-state index contributed by atoms with van der Waals surface area (Å²) >= 11 is 0. The Bertz CT molecular complexity index is 450. The fraction of sp³-hybridized carbons (Fsp3) is 0.600. The lowest BCUT2D eigenvalue weighted by molar-refractivity contribution is 0.0943. The number of urea groups is 1. The summed E-state index contributed by atoms with van der Waals surface area (Å²) in [5.41, 5.74) is 2.23. The van der Waals surface area contributed by atoms with Crippen LogP contribution in [0.2, 0.25) is 0 Å². The number of amides is 2. The van der Waals surface area contributed by atoms with Gasteiger partial charge in [0.2, 0.25) is 0 Å². The second-order valence-electron chi connectivity index (χ2n) is 5.28. The van der Waals surface area contributed by atoms with Crippen molar-refractivity contribution in [1.82, 2.24) is 15.6 Å². The van der Waals surface area contributed by atoms with Crippen LogP contribution in [0.3, 0.4) is 0 Å². The van der Waals surface area contributed by atoms with Gasteiger partial charge in [-0.3, -0.25) is 4.98 Å². The van der Waals surface area contributed by atoms with Gasteiger partial charge in [-0.2, -0.15) is 0 Å². The molecule has 1 aliphatic carbocycles. The molecule has 5 heteroatoms. The molecule has 20 heavy (non-hydrogen) atoms. The van der Waals surface area contributed by atoms with E-state index < -0.39 is 6.10 Å². The van der Waals surface area contributed by atoms with E-state index in [0.717, 1.165) is 43.2 Å². The van der Waals surface area contributed by atoms with E-state index in [1.54, 1.807) is 6.20 Å². The molecular weight excluding hydrogens is 254 g/mol. The quantitative estimate of drug-likeness (QED) is 0.785. The zero-order valence-corrected chi connectivity index (χ0v) is 11.9. The maximum absolute atomic E-state index is 11.9. The highest BCUT2D eigenvalue weighted by atomic mass is 16.3. The Kier molecular flexibility index (Phi) is 5.35. The first-order valence-electron chi connectivity index (χ1n) is 7.35. The van der Waals surface area contributed by atoms with Gasteiger partial charge < -0.3 is 15.7 Å². The van der Waals surface area contributed by atoms with Gasteiger partial charge in [-0.1, -0.05) is 19.8 Å². The van der Waals surface area contributed by atoms with Crippen molar-refractivity contribution in [3.8, 4) is 0 Å². The van der Waals surface area contributed by atoms with Crippen LogP contribution in [0.4, 0.5) is 4.79 Å². The third kappa shape index (κ3) is 3.93. The first-order valence-corrected chi connectivity index (χ1v) is 7.35. The van der Waals surface area contributed by atoms with Crippen molar-refractivity contribution in [2.24, 2.45) is 0 Å². The van der Waals surface area contributed by atoms with Crippen molar-refractivity contribution >= 4 is 6.03 Å². The largest absolute Gasteiger partial charge is 0.391 e. The van der Waals surface area contributed by atoms with E-state index in [9.17, 15) is 9.90 Å². The van der Waals surface area contributed by atoms with Gasteiger partial charge in [-0.25, -0.2) is 4.79 Å². The minimum absolute atomic E-state index is 0.119. The molecule has 110 valence electrons. The fourth-order valence-corrected chi connectivity index (χ4v) is 2.62. The molecule has 2 atom stereocenters. The van der Waals surface area contributed by atoms with Crippen molar-refractivity contribution in [1.29, 1.82) is 0 Å². The van der Waals surface area contributed by atoms with Gasteiger partial charge in [0, 0.05) is 18.9 Å². The predicted octanol–water partition coefficient (Wildman–Crippen LogP) is 1.75. The summed E-state index contributed by atoms with van der Waals surface area (Å²) in [6, 6.07) is 1.59. The summed E-state index contributed by atoms with van der Waals surface area (Å²) in [6.07, 6.45) is 7.78. The van der Waals surface area contributed by atoms with Crippen molar-refractivity contribution in [2.45, 2.75) is 57.7 Å². The van der Waals surface area contributed by atoms with E-state index in [1.165, 1.54) is 0 Å². The number of nitrogens with one attached hydrogen (secondary N) is 2. The number of aromatic nitrogens is 1. The minimum Gasteiger partial charge on any atom is -0.391 e. The van der Waals surface area contributed by atoms with Crippen LogP contribution in [-0.2, 0) is 13.0 Å². The summed E-state index contributed by atoms with van der Waals surface area (Å²) in [6.45, 7) is 2.55. The number of carbonyl (C=O) groups is 1. The first-order chi connectivity index (χ1) is 9.70. The van der Waals surface area contributed by atoms with Crippen LogP contribution in [0.25, 0.3) is 0 Å². The molecule has 3 N–H and O–H groups in total. The Hall–Kier alpha value is -1.62. The number of hydrogen-bond acceptors (Lipinski definition) is 3. The average molecular weight is 277 g/mol. The lowest BCUT2D eigenvalue weighted by Gasteiger charge is -2.28. The molecular formula is C15H23N3O2. The van der Waals surface area contributed by atoms with E-state index in [0.29, 0.717) is 6.54 Å². The third-order valence-corrected chi connectivity index (χ3v) is 3.87. The molecule has 1 heterocycles. The fourth-order valence-electron chi connectivity index (χ4n) is 2.62. The van der Waals surface area contributed by atoms with Crippen LogP contribution in [0.15, 0.2) is 18.5 Å². The first kappa shape index (κ1) is 14.8. The van der Waals surface area contributed by atoms with Gasteiger partial charge in [-0.05, 0) is 36.5 Å². The van der Waals surface area contributed by atoms with Crippen molar-refractivity contribution in [3.05, 3.63) is 29.6 Å². The van der Waals surface area contributed by atoms with E-state index in [1.807, 2.05) is 12.3 Å². The standard InChI is InChI=1S/C15H23N3O2/c1-2-11-9-16-8-7-12(11)10-17-15(20)18-13-5-3-4-6-14(13)19/h7-9,13-14,19H,2-6,10H2,1H3,(H2,17,18,20)/t13-,14+/m0/s1. The highest BCUT2D eigenvalue weighted by Gasteiger charge is 2.24. The Balaban J connectivity index is 1.82. The van der Waals surface area contributed by atoms with Gasteiger partial charge >= 0.3 is 6.03 Å². The molecule has 2 amide bonds. The Morgan fingerprint density at radius 1 is 1.40 bits per heavy atom. The van der Waals surface area contributed by atoms with E-state index >= 15 is 0 Å². The van der Waals surface area contributed by atoms with Gasteiger partial charge in [0.1, 0.15) is 0 Å². The van der Waals surface area contributed by atoms with E-state index in [-0.39, 0.29) is 12.1 Å². The molecule has 0 spiro atoms. The van der Waals surface area contributed by atoms with E-state index in [4.69, 9.17) is 0 Å². The minimum atomic E-state index is -0.415. The normalized spacial score (nSPS) is 22.3. The van der Waals surface area contributed by atoms with Crippen LogP contribution in [0.5, 0.6) is 0 Å². The second kappa shape index (κ2) is 7.24. The van der Waals surface area contributed by atoms with Crippen molar-refractivity contribution in [3.63, 3.8) is 0 Å². The second-order valence-corrected chi connectivity index (χ2v) is 5.28. The zero-order valence-electron chi connectivity index (χ0n) is 11.9. The molecule has 0 bridgehead atoms. The number of hydrogen-bond donors (Lipinski definition) is 3. The number of aryl methyl sites for hydroxylation is 1. The molecule has 0 saturated heterocycles. The van der Waals surface area contributed by atoms with Crippen molar-refractivity contribution < 1.29 is 9.90 Å². The van der Waals surface area contributed by atoms with Crippen LogP contribution in [0.1, 0.15) is 43.7 Å². The lowest BCUT2D eigenvalue weighted by atomic mass is 9.93. The highest BCUT2D eigenvalue weighted by molar-refractivity contribution is 5.74. The number of nitrogens with zero attached hydrogens (tertiary/aromatic N) is 1. The van der Waals surface area contributed by atoms with Crippen LogP contribution in [-0.4, -0.2) is 28.3 Å². The Morgan fingerprint density at radius 3 is 2.95 bits per heavy atom. The monoisotopic (exact) mass is 277 g/mol. The Morgan fingerprint density at radius 2 is 2.20 bits per heavy atom. The molecule has 2 rings (SSSR count). The molecule has 0 aliphatic heterocycles. The molecule has 0 radical (unpaired) electrons. The van der Waals surface area contributed by atoms with E-state index in [2.05, 4.69) is 22.5 Å². The lowest BCUT2D eigenvalue weighted by Crippen LogP contribution is -2.48. The number of aliphatic hydroxyl groups excluding tert-OH is 1. The molecule has 0 aromatic carbocycles. The molecule has 1 fully saturated rings. The molecule has 1 saturated carbocycles.